The second-order valence-electron chi connectivity index (χ2n) is 6.06. The maximum absolute atomic E-state index is 2.42. The van der Waals surface area contributed by atoms with Crippen LogP contribution in [0.2, 0.25) is 0 Å². The van der Waals surface area contributed by atoms with Crippen LogP contribution in [0.3, 0.4) is 0 Å². The van der Waals surface area contributed by atoms with Crippen LogP contribution in [0.15, 0.2) is 11.0 Å². The molecule has 0 aromatic heterocycles. The van der Waals surface area contributed by atoms with Crippen molar-refractivity contribution in [3.63, 3.8) is 0 Å². The highest BCUT2D eigenvalue weighted by Gasteiger charge is 2.38. The first-order chi connectivity index (χ1) is 9.08. The number of aryl methyl sites for hydroxylation is 2. The van der Waals surface area contributed by atoms with Crippen LogP contribution in [0.1, 0.15) is 68.2 Å². The average molecular weight is 276 g/mol. The van der Waals surface area contributed by atoms with Crippen molar-refractivity contribution in [1.82, 2.24) is 0 Å². The third kappa shape index (κ3) is 2.59. The zero-order valence-corrected chi connectivity index (χ0v) is 14.2. The van der Waals surface area contributed by atoms with Crippen molar-refractivity contribution < 1.29 is 0 Å². The largest absolute Gasteiger partial charge is 0.121 e. The van der Waals surface area contributed by atoms with Gasteiger partial charge in [0.2, 0.25) is 0 Å². The lowest BCUT2D eigenvalue weighted by molar-refractivity contribution is 0.360. The molecule has 1 saturated carbocycles. The van der Waals surface area contributed by atoms with Gasteiger partial charge in [0.25, 0.3) is 0 Å². The van der Waals surface area contributed by atoms with E-state index in [0.717, 1.165) is 17.1 Å². The van der Waals surface area contributed by atoms with E-state index in [1.165, 1.54) is 36.0 Å². The molecule has 0 amide bonds. The van der Waals surface area contributed by atoms with Gasteiger partial charge in [0.1, 0.15) is 0 Å². The molecule has 0 spiro atoms. The van der Waals surface area contributed by atoms with E-state index in [4.69, 9.17) is 0 Å². The molecule has 0 N–H and O–H groups in total. The standard InChI is InChI=1S/C16H22S.C2H6/c1-9-5-6-13-14(7-9)17-16-12(4)10(2)8-11(3)15(13)16;1-2/h8-9,13-14H,5-7H2,1-4H3;1-2H3. The van der Waals surface area contributed by atoms with E-state index in [1.54, 1.807) is 10.5 Å². The molecule has 1 fully saturated rings. The van der Waals surface area contributed by atoms with Gasteiger partial charge in [-0.25, -0.2) is 0 Å². The fourth-order valence-electron chi connectivity index (χ4n) is 3.62. The normalized spacial score (nSPS) is 28.2. The van der Waals surface area contributed by atoms with Gasteiger partial charge in [-0.3, -0.25) is 0 Å². The second-order valence-corrected chi connectivity index (χ2v) is 7.31. The zero-order chi connectivity index (χ0) is 14.2. The summed E-state index contributed by atoms with van der Waals surface area (Å²) >= 11 is 2.18. The molecule has 3 unspecified atom stereocenters. The van der Waals surface area contributed by atoms with Gasteiger partial charge in [-0.1, -0.05) is 33.3 Å². The first kappa shape index (κ1) is 15.0. The Morgan fingerprint density at radius 1 is 1.05 bits per heavy atom. The molecule has 1 aliphatic heterocycles. The van der Waals surface area contributed by atoms with E-state index in [9.17, 15) is 0 Å². The Morgan fingerprint density at radius 3 is 2.42 bits per heavy atom. The Labute approximate surface area is 123 Å². The van der Waals surface area contributed by atoms with E-state index in [2.05, 4.69) is 45.5 Å². The van der Waals surface area contributed by atoms with Crippen LogP contribution >= 0.6 is 11.8 Å². The molecule has 0 bridgehead atoms. The minimum atomic E-state index is 0.852. The predicted molar refractivity (Wildman–Crippen MR) is 87.4 cm³/mol. The molecule has 106 valence electrons. The molecule has 19 heavy (non-hydrogen) atoms. The van der Waals surface area contributed by atoms with Crippen LogP contribution in [-0.2, 0) is 0 Å². The first-order valence-corrected chi connectivity index (χ1v) is 8.73. The molecule has 3 atom stereocenters. The lowest BCUT2D eigenvalue weighted by atomic mass is 9.77. The number of hydrogen-bond donors (Lipinski definition) is 0. The fraction of sp³-hybridized carbons (Fsp3) is 0.667. The third-order valence-electron chi connectivity index (χ3n) is 4.73. The topological polar surface area (TPSA) is 0 Å². The highest BCUT2D eigenvalue weighted by Crippen LogP contribution is 2.55. The molecule has 0 saturated heterocycles. The van der Waals surface area contributed by atoms with Crippen molar-refractivity contribution in [2.75, 3.05) is 0 Å². The van der Waals surface area contributed by atoms with Crippen molar-refractivity contribution in [3.05, 3.63) is 28.3 Å². The molecule has 3 rings (SSSR count). The lowest BCUT2D eigenvalue weighted by Gasteiger charge is -2.29. The minimum absolute atomic E-state index is 0.852. The van der Waals surface area contributed by atoms with Crippen LogP contribution in [0.25, 0.3) is 0 Å². The summed E-state index contributed by atoms with van der Waals surface area (Å²) < 4.78 is 0. The Kier molecular flexibility index (Phi) is 4.66. The van der Waals surface area contributed by atoms with E-state index in [0.29, 0.717) is 0 Å². The van der Waals surface area contributed by atoms with Gasteiger partial charge in [-0.15, -0.1) is 11.8 Å². The smallest absolute Gasteiger partial charge is 0.0166 e. The fourth-order valence-corrected chi connectivity index (χ4v) is 5.57. The van der Waals surface area contributed by atoms with E-state index < -0.39 is 0 Å². The molecule has 1 heteroatoms. The molecule has 1 aromatic rings. The van der Waals surface area contributed by atoms with Gasteiger partial charge < -0.3 is 0 Å². The lowest BCUT2D eigenvalue weighted by Crippen LogP contribution is -2.21. The summed E-state index contributed by atoms with van der Waals surface area (Å²) in [6, 6.07) is 2.40. The van der Waals surface area contributed by atoms with E-state index in [-0.39, 0.29) is 0 Å². The first-order valence-electron chi connectivity index (χ1n) is 7.85. The highest BCUT2D eigenvalue weighted by atomic mass is 32.2. The number of rotatable bonds is 0. The van der Waals surface area contributed by atoms with Crippen molar-refractivity contribution in [2.45, 2.75) is 76.9 Å². The monoisotopic (exact) mass is 276 g/mol. The highest BCUT2D eigenvalue weighted by molar-refractivity contribution is 8.00. The average Bonchev–Trinajstić information content (AvgIpc) is 2.77. The van der Waals surface area contributed by atoms with Crippen LogP contribution < -0.4 is 0 Å². The Bertz CT molecular complexity index is 461. The predicted octanol–water partition coefficient (Wildman–Crippen LogP) is 6.02. The van der Waals surface area contributed by atoms with Crippen molar-refractivity contribution >= 4 is 11.8 Å². The minimum Gasteiger partial charge on any atom is -0.121 e. The summed E-state index contributed by atoms with van der Waals surface area (Å²) in [5, 5.41) is 0.868. The summed E-state index contributed by atoms with van der Waals surface area (Å²) in [7, 11) is 0. The van der Waals surface area contributed by atoms with E-state index in [1.807, 2.05) is 13.8 Å². The quantitative estimate of drug-likeness (QED) is 0.558. The SMILES string of the molecule is CC.Cc1cc(C)c2c(c1C)SC1CC(C)CCC21. The number of thioether (sulfide) groups is 1. The van der Waals surface area contributed by atoms with Gasteiger partial charge in [-0.2, -0.15) is 0 Å². The zero-order valence-electron chi connectivity index (χ0n) is 13.3. The van der Waals surface area contributed by atoms with Crippen LogP contribution in [-0.4, -0.2) is 5.25 Å². The third-order valence-corrected chi connectivity index (χ3v) is 6.31. The van der Waals surface area contributed by atoms with Gasteiger partial charge >= 0.3 is 0 Å². The Morgan fingerprint density at radius 2 is 1.74 bits per heavy atom. The molecule has 0 radical (unpaired) electrons. The van der Waals surface area contributed by atoms with Crippen LogP contribution in [0, 0.1) is 26.7 Å². The summed E-state index contributed by atoms with van der Waals surface area (Å²) in [4.78, 5) is 1.63. The molecule has 0 nitrogen and oxygen atoms in total. The van der Waals surface area contributed by atoms with Gasteiger partial charge in [0.05, 0.1) is 0 Å². The molecule has 1 aliphatic carbocycles. The molecule has 2 aliphatic rings. The van der Waals surface area contributed by atoms with E-state index >= 15 is 0 Å². The maximum atomic E-state index is 2.42. The number of benzene rings is 1. The van der Waals surface area contributed by atoms with Gasteiger partial charge in [0.15, 0.2) is 0 Å². The Balaban J connectivity index is 0.000000637. The van der Waals surface area contributed by atoms with Gasteiger partial charge in [-0.05, 0) is 67.7 Å². The molecule has 1 aromatic carbocycles. The van der Waals surface area contributed by atoms with Crippen LogP contribution in [0.5, 0.6) is 0 Å². The molecular formula is C18H28S. The number of hydrogen-bond acceptors (Lipinski definition) is 1. The van der Waals surface area contributed by atoms with Crippen molar-refractivity contribution in [3.8, 4) is 0 Å². The summed E-state index contributed by atoms with van der Waals surface area (Å²) in [5.41, 5.74) is 6.26. The Hall–Kier alpha value is -0.430. The second kappa shape index (κ2) is 5.91. The molecule has 1 heterocycles. The number of fused-ring (bicyclic) bond motifs is 3. The van der Waals surface area contributed by atoms with Gasteiger partial charge in [0, 0.05) is 10.1 Å². The summed E-state index contributed by atoms with van der Waals surface area (Å²) in [6.45, 7) is 13.3. The molecular weight excluding hydrogens is 248 g/mol. The summed E-state index contributed by atoms with van der Waals surface area (Å²) in [6.07, 6.45) is 4.25. The summed E-state index contributed by atoms with van der Waals surface area (Å²) in [5.74, 6) is 1.78. The maximum Gasteiger partial charge on any atom is 0.0166 e. The van der Waals surface area contributed by atoms with Crippen LogP contribution in [0.4, 0.5) is 0 Å². The van der Waals surface area contributed by atoms with Crippen molar-refractivity contribution in [2.24, 2.45) is 5.92 Å². The van der Waals surface area contributed by atoms with Crippen molar-refractivity contribution in [1.29, 1.82) is 0 Å².